The highest BCUT2D eigenvalue weighted by Crippen LogP contribution is 2.41. The molecule has 0 aliphatic carbocycles. The number of benzene rings is 3. The van der Waals surface area contributed by atoms with Gasteiger partial charge in [-0.25, -0.2) is 0 Å². The summed E-state index contributed by atoms with van der Waals surface area (Å²) in [5.74, 6) is -0.200. The SMILES string of the molecule is C=CC(=O)N1CC(Cn2c(=O)c(=O)n(-c3c(C)cccc3C(C)C)c3cc(-c4cc(C(F)(F)F)ccc4OC)c(Cl)cc32)C1. The molecule has 1 fully saturated rings. The van der Waals surface area contributed by atoms with E-state index in [1.54, 1.807) is 4.90 Å². The minimum absolute atomic E-state index is 0.0204. The first-order valence-corrected chi connectivity index (χ1v) is 14.4. The summed E-state index contributed by atoms with van der Waals surface area (Å²) in [5.41, 5.74) is 0.515. The molecule has 44 heavy (non-hydrogen) atoms. The number of likely N-dealkylation sites (tertiary alicyclic amines) is 1. The maximum Gasteiger partial charge on any atom is 0.416 e. The van der Waals surface area contributed by atoms with Gasteiger partial charge in [-0.05, 0) is 60.4 Å². The number of para-hydroxylation sites is 1. The molecule has 3 aromatic carbocycles. The van der Waals surface area contributed by atoms with Crippen molar-refractivity contribution in [1.29, 1.82) is 0 Å². The summed E-state index contributed by atoms with van der Waals surface area (Å²) >= 11 is 6.77. The van der Waals surface area contributed by atoms with Crippen LogP contribution in [0.1, 0.15) is 36.5 Å². The molecule has 0 saturated carbocycles. The number of nitrogens with zero attached hydrogens (tertiary/aromatic N) is 3. The molecular weight excluding hydrogens is 595 g/mol. The lowest BCUT2D eigenvalue weighted by Gasteiger charge is -2.39. The third kappa shape index (κ3) is 5.43. The lowest BCUT2D eigenvalue weighted by Crippen LogP contribution is -2.52. The maximum atomic E-state index is 14.0. The molecule has 230 valence electrons. The van der Waals surface area contributed by atoms with Crippen molar-refractivity contribution in [3.8, 4) is 22.6 Å². The normalized spacial score (nSPS) is 13.8. The highest BCUT2D eigenvalue weighted by molar-refractivity contribution is 6.34. The largest absolute Gasteiger partial charge is 0.496 e. The lowest BCUT2D eigenvalue weighted by molar-refractivity contribution is -0.137. The molecular formula is C33H31ClF3N3O4. The highest BCUT2D eigenvalue weighted by atomic mass is 35.5. The van der Waals surface area contributed by atoms with Gasteiger partial charge in [0.2, 0.25) is 5.91 Å². The van der Waals surface area contributed by atoms with Gasteiger partial charge in [0.15, 0.2) is 0 Å². The van der Waals surface area contributed by atoms with Crippen LogP contribution in [0.25, 0.3) is 27.8 Å². The van der Waals surface area contributed by atoms with Gasteiger partial charge in [0, 0.05) is 36.7 Å². The Hall–Kier alpha value is -4.31. The number of fused-ring (bicyclic) bond motifs is 1. The van der Waals surface area contributed by atoms with Crippen molar-refractivity contribution in [3.05, 3.63) is 104 Å². The second-order valence-corrected chi connectivity index (χ2v) is 11.7. The van der Waals surface area contributed by atoms with E-state index in [1.807, 2.05) is 39.0 Å². The second kappa shape index (κ2) is 11.6. The first-order valence-electron chi connectivity index (χ1n) is 14.0. The lowest BCUT2D eigenvalue weighted by atomic mass is 9.96. The van der Waals surface area contributed by atoms with E-state index in [4.69, 9.17) is 16.3 Å². The molecule has 5 rings (SSSR count). The first-order chi connectivity index (χ1) is 20.8. The Kier molecular flexibility index (Phi) is 8.24. The van der Waals surface area contributed by atoms with E-state index in [1.165, 1.54) is 40.5 Å². The van der Waals surface area contributed by atoms with Gasteiger partial charge in [-0.3, -0.25) is 19.0 Å². The summed E-state index contributed by atoms with van der Waals surface area (Å²) in [6.45, 7) is 10.2. The Bertz CT molecular complexity index is 1920. The molecule has 0 spiro atoms. The van der Waals surface area contributed by atoms with Crippen molar-refractivity contribution in [2.45, 2.75) is 39.4 Å². The number of alkyl halides is 3. The number of aromatic nitrogens is 2. The Morgan fingerprint density at radius 1 is 1.07 bits per heavy atom. The van der Waals surface area contributed by atoms with Crippen LogP contribution >= 0.6 is 11.6 Å². The summed E-state index contributed by atoms with van der Waals surface area (Å²) < 4.78 is 49.3. The van der Waals surface area contributed by atoms with Crippen LogP contribution in [0.3, 0.4) is 0 Å². The Morgan fingerprint density at radius 3 is 2.39 bits per heavy atom. The average Bonchev–Trinajstić information content (AvgIpc) is 2.95. The molecule has 4 aromatic rings. The van der Waals surface area contributed by atoms with E-state index in [2.05, 4.69) is 6.58 Å². The molecule has 0 bridgehead atoms. The van der Waals surface area contributed by atoms with Gasteiger partial charge in [-0.15, -0.1) is 0 Å². The number of methoxy groups -OCH3 is 1. The van der Waals surface area contributed by atoms with E-state index in [-0.39, 0.29) is 46.2 Å². The predicted molar refractivity (Wildman–Crippen MR) is 165 cm³/mol. The number of hydrogen-bond acceptors (Lipinski definition) is 4. The fourth-order valence-electron chi connectivity index (χ4n) is 5.79. The minimum atomic E-state index is -4.62. The van der Waals surface area contributed by atoms with Crippen LogP contribution < -0.4 is 15.9 Å². The summed E-state index contributed by atoms with van der Waals surface area (Å²) in [6.07, 6.45) is -3.40. The molecule has 0 atom stereocenters. The van der Waals surface area contributed by atoms with Gasteiger partial charge in [-0.2, -0.15) is 13.2 Å². The van der Waals surface area contributed by atoms with Crippen LogP contribution in [0.5, 0.6) is 5.75 Å². The number of rotatable bonds is 7. The van der Waals surface area contributed by atoms with Crippen molar-refractivity contribution in [3.63, 3.8) is 0 Å². The Morgan fingerprint density at radius 2 is 1.77 bits per heavy atom. The fraction of sp³-hybridized carbons (Fsp3) is 0.303. The smallest absolute Gasteiger partial charge is 0.416 e. The van der Waals surface area contributed by atoms with E-state index >= 15 is 0 Å². The van der Waals surface area contributed by atoms with Crippen molar-refractivity contribution >= 4 is 28.5 Å². The summed E-state index contributed by atoms with van der Waals surface area (Å²) in [5, 5.41) is 0.0689. The molecule has 11 heteroatoms. The van der Waals surface area contributed by atoms with Gasteiger partial charge < -0.3 is 14.2 Å². The quantitative estimate of drug-likeness (QED) is 0.172. The van der Waals surface area contributed by atoms with Crippen molar-refractivity contribution < 1.29 is 22.7 Å². The van der Waals surface area contributed by atoms with Crippen LogP contribution in [0, 0.1) is 12.8 Å². The summed E-state index contributed by atoms with van der Waals surface area (Å²) in [4.78, 5) is 41.4. The molecule has 1 aromatic heterocycles. The van der Waals surface area contributed by atoms with Crippen molar-refractivity contribution in [1.82, 2.24) is 14.0 Å². The Labute approximate surface area is 256 Å². The number of ether oxygens (including phenoxy) is 1. The first kappa shape index (κ1) is 31.1. The van der Waals surface area contributed by atoms with Gasteiger partial charge in [-0.1, -0.05) is 50.2 Å². The predicted octanol–water partition coefficient (Wildman–Crippen LogP) is 6.58. The molecule has 1 aliphatic rings. The molecule has 1 saturated heterocycles. The zero-order valence-corrected chi connectivity index (χ0v) is 25.4. The standard InChI is InChI=1S/C33H31ClF3N3O4/c1-6-29(41)38-15-20(16-38)17-39-26-14-25(34)23(24-12-21(33(35,36)37)10-11-28(24)44-5)13-27(26)40(32(43)31(39)42)30-19(4)8-7-9-22(30)18(2)3/h6-14,18,20H,1,15-17H2,2-5H3. The molecule has 2 heterocycles. The van der Waals surface area contributed by atoms with Crippen molar-refractivity contribution in [2.75, 3.05) is 20.2 Å². The molecule has 0 N–H and O–H groups in total. The van der Waals surface area contributed by atoms with Crippen LogP contribution in [0.4, 0.5) is 13.2 Å². The van der Waals surface area contributed by atoms with E-state index in [9.17, 15) is 27.6 Å². The van der Waals surface area contributed by atoms with E-state index < -0.39 is 22.9 Å². The molecule has 7 nitrogen and oxygen atoms in total. The number of halogens is 4. The number of carbonyl (C=O) groups is 1. The number of carbonyl (C=O) groups excluding carboxylic acids is 1. The van der Waals surface area contributed by atoms with Crippen LogP contribution in [0.15, 0.2) is 70.8 Å². The highest BCUT2D eigenvalue weighted by Gasteiger charge is 2.33. The molecule has 0 radical (unpaired) electrons. The topological polar surface area (TPSA) is 73.5 Å². The minimum Gasteiger partial charge on any atom is -0.496 e. The van der Waals surface area contributed by atoms with E-state index in [0.29, 0.717) is 29.8 Å². The Balaban J connectivity index is 1.83. The van der Waals surface area contributed by atoms with Crippen LogP contribution in [0.2, 0.25) is 5.02 Å². The second-order valence-electron chi connectivity index (χ2n) is 11.3. The van der Waals surface area contributed by atoms with Gasteiger partial charge >= 0.3 is 17.3 Å². The monoisotopic (exact) mass is 625 g/mol. The third-order valence-electron chi connectivity index (χ3n) is 8.04. The zero-order chi connectivity index (χ0) is 32.1. The number of aryl methyl sites for hydroxylation is 1. The van der Waals surface area contributed by atoms with Gasteiger partial charge in [0.1, 0.15) is 5.75 Å². The molecule has 0 unspecified atom stereocenters. The fourth-order valence-corrected chi connectivity index (χ4v) is 6.05. The van der Waals surface area contributed by atoms with Crippen LogP contribution in [-0.4, -0.2) is 40.1 Å². The van der Waals surface area contributed by atoms with E-state index in [0.717, 1.165) is 23.3 Å². The zero-order valence-electron chi connectivity index (χ0n) is 24.7. The molecule has 1 amide bonds. The third-order valence-corrected chi connectivity index (χ3v) is 8.36. The number of amides is 1. The van der Waals surface area contributed by atoms with Gasteiger partial charge in [0.25, 0.3) is 0 Å². The maximum absolute atomic E-state index is 14.0. The average molecular weight is 626 g/mol. The number of hydrogen-bond donors (Lipinski definition) is 0. The van der Waals surface area contributed by atoms with Crippen molar-refractivity contribution in [2.24, 2.45) is 5.92 Å². The van der Waals surface area contributed by atoms with Crippen LogP contribution in [-0.2, 0) is 17.5 Å². The summed E-state index contributed by atoms with van der Waals surface area (Å²) in [7, 11) is 1.34. The van der Waals surface area contributed by atoms with Gasteiger partial charge in [0.05, 0.1) is 34.4 Å². The summed E-state index contributed by atoms with van der Waals surface area (Å²) in [6, 6.07) is 11.7. The molecule has 1 aliphatic heterocycles.